The molecule has 0 aliphatic carbocycles. The summed E-state index contributed by atoms with van der Waals surface area (Å²) in [5.41, 5.74) is 5.38. The van der Waals surface area contributed by atoms with Crippen LogP contribution in [0.25, 0.3) is 10.2 Å². The van der Waals surface area contributed by atoms with Crippen molar-refractivity contribution in [2.24, 2.45) is 5.73 Å². The van der Waals surface area contributed by atoms with Crippen molar-refractivity contribution >= 4 is 27.4 Å². The summed E-state index contributed by atoms with van der Waals surface area (Å²) in [5.74, 6) is 0.959. The molecule has 0 spiro atoms. The number of anilines is 1. The van der Waals surface area contributed by atoms with E-state index in [-0.39, 0.29) is 0 Å². The van der Waals surface area contributed by atoms with Crippen LogP contribution in [0.3, 0.4) is 0 Å². The summed E-state index contributed by atoms with van der Waals surface area (Å²) >= 11 is 1.69. The quantitative estimate of drug-likeness (QED) is 0.801. The van der Waals surface area contributed by atoms with Crippen molar-refractivity contribution in [2.75, 3.05) is 38.3 Å². The summed E-state index contributed by atoms with van der Waals surface area (Å²) in [7, 11) is 2.01. The molecule has 98 valence electrons. The number of likely N-dealkylation sites (N-methyl/N-ethyl adjacent to an activating group) is 1. The molecular weight excluding hydrogens is 248 g/mol. The van der Waals surface area contributed by atoms with Crippen molar-refractivity contribution < 1.29 is 4.74 Å². The minimum absolute atomic E-state index is 0.561. The zero-order valence-electron chi connectivity index (χ0n) is 10.7. The highest BCUT2D eigenvalue weighted by Crippen LogP contribution is 2.28. The third kappa shape index (κ3) is 2.95. The Labute approximate surface area is 111 Å². The lowest BCUT2D eigenvalue weighted by atomic mass is 10.3. The van der Waals surface area contributed by atoms with Gasteiger partial charge in [0.1, 0.15) is 17.0 Å². The van der Waals surface area contributed by atoms with E-state index in [1.165, 1.54) is 4.88 Å². The van der Waals surface area contributed by atoms with E-state index in [0.717, 1.165) is 22.6 Å². The number of nitrogens with two attached hydrogens (primary N) is 1. The second kappa shape index (κ2) is 6.08. The second-order valence-corrected chi connectivity index (χ2v) is 5.33. The number of nitrogens with zero attached hydrogens (tertiary/aromatic N) is 3. The fourth-order valence-corrected chi connectivity index (χ4v) is 2.60. The normalized spacial score (nSPS) is 11.1. The van der Waals surface area contributed by atoms with Gasteiger partial charge in [-0.25, -0.2) is 9.97 Å². The van der Waals surface area contributed by atoms with E-state index >= 15 is 0 Å². The van der Waals surface area contributed by atoms with Gasteiger partial charge >= 0.3 is 0 Å². The van der Waals surface area contributed by atoms with Gasteiger partial charge in [-0.2, -0.15) is 0 Å². The monoisotopic (exact) mass is 266 g/mol. The molecule has 0 aliphatic rings. The van der Waals surface area contributed by atoms with Crippen molar-refractivity contribution in [1.82, 2.24) is 9.97 Å². The molecule has 0 saturated carbocycles. The van der Waals surface area contributed by atoms with E-state index < -0.39 is 0 Å². The molecule has 2 rings (SSSR count). The Bertz CT molecular complexity index is 514. The van der Waals surface area contributed by atoms with Crippen LogP contribution in [0.1, 0.15) is 4.88 Å². The Morgan fingerprint density at radius 2 is 2.22 bits per heavy atom. The number of ether oxygens (including phenoxy) is 1. The first-order valence-electron chi connectivity index (χ1n) is 5.92. The molecule has 18 heavy (non-hydrogen) atoms. The molecule has 0 aliphatic heterocycles. The van der Waals surface area contributed by atoms with E-state index in [4.69, 9.17) is 10.5 Å². The molecular formula is C12H18N4OS. The van der Waals surface area contributed by atoms with Crippen LogP contribution < -0.4 is 10.6 Å². The maximum atomic E-state index is 5.38. The number of rotatable bonds is 6. The van der Waals surface area contributed by atoms with E-state index in [1.807, 2.05) is 7.05 Å². The molecule has 2 aromatic rings. The van der Waals surface area contributed by atoms with Crippen molar-refractivity contribution in [3.8, 4) is 0 Å². The maximum Gasteiger partial charge on any atom is 0.140 e. The largest absolute Gasteiger partial charge is 0.378 e. The number of aryl methyl sites for hydroxylation is 1. The second-order valence-electron chi connectivity index (χ2n) is 4.10. The van der Waals surface area contributed by atoms with E-state index in [9.17, 15) is 0 Å². The smallest absolute Gasteiger partial charge is 0.140 e. The first kappa shape index (κ1) is 13.2. The lowest BCUT2D eigenvalue weighted by Gasteiger charge is -2.18. The van der Waals surface area contributed by atoms with Gasteiger partial charge < -0.3 is 15.4 Å². The third-order valence-electron chi connectivity index (χ3n) is 2.63. The predicted molar refractivity (Wildman–Crippen MR) is 75.3 cm³/mol. The molecule has 0 radical (unpaired) electrons. The lowest BCUT2D eigenvalue weighted by Crippen LogP contribution is -2.24. The first-order valence-corrected chi connectivity index (χ1v) is 6.74. The molecule has 0 amide bonds. The van der Waals surface area contributed by atoms with Gasteiger partial charge in [0.15, 0.2) is 0 Å². The average Bonchev–Trinajstić information content (AvgIpc) is 2.74. The molecule has 2 heterocycles. The van der Waals surface area contributed by atoms with Crippen LogP contribution in [0, 0.1) is 6.92 Å². The zero-order chi connectivity index (χ0) is 13.0. The molecule has 5 nitrogen and oxygen atoms in total. The highest BCUT2D eigenvalue weighted by molar-refractivity contribution is 7.18. The first-order chi connectivity index (χ1) is 8.72. The number of aromatic nitrogens is 2. The SMILES string of the molecule is Cc1cc2c(N(C)CCOCCN)ncnc2s1. The van der Waals surface area contributed by atoms with Crippen LogP contribution in [0.5, 0.6) is 0 Å². The standard InChI is InChI=1S/C12H18N4OS/c1-9-7-10-11(14-8-15-12(10)18-9)16(2)4-6-17-5-3-13/h7-8H,3-6,13H2,1-2H3. The predicted octanol–water partition coefficient (Wildman–Crippen LogP) is 1.41. The van der Waals surface area contributed by atoms with Gasteiger partial charge in [-0.15, -0.1) is 11.3 Å². The molecule has 0 unspecified atom stereocenters. The summed E-state index contributed by atoms with van der Waals surface area (Å²) < 4.78 is 5.38. The minimum Gasteiger partial charge on any atom is -0.378 e. The zero-order valence-corrected chi connectivity index (χ0v) is 11.5. The highest BCUT2D eigenvalue weighted by atomic mass is 32.1. The third-order valence-corrected chi connectivity index (χ3v) is 3.58. The number of hydrogen-bond acceptors (Lipinski definition) is 6. The number of thiophene rings is 1. The van der Waals surface area contributed by atoms with Gasteiger partial charge in [-0.3, -0.25) is 0 Å². The van der Waals surface area contributed by atoms with Crippen molar-refractivity contribution in [3.05, 3.63) is 17.3 Å². The van der Waals surface area contributed by atoms with Gasteiger partial charge in [-0.1, -0.05) is 0 Å². The summed E-state index contributed by atoms with van der Waals surface area (Å²) in [4.78, 5) is 13.0. The van der Waals surface area contributed by atoms with Crippen LogP contribution in [0.4, 0.5) is 5.82 Å². The Morgan fingerprint density at radius 1 is 1.39 bits per heavy atom. The topological polar surface area (TPSA) is 64.3 Å². The molecule has 2 aromatic heterocycles. The Balaban J connectivity index is 2.09. The molecule has 0 bridgehead atoms. The number of fused-ring (bicyclic) bond motifs is 1. The van der Waals surface area contributed by atoms with Crippen LogP contribution in [0.15, 0.2) is 12.4 Å². The van der Waals surface area contributed by atoms with Gasteiger partial charge in [0.2, 0.25) is 0 Å². The summed E-state index contributed by atoms with van der Waals surface area (Å²) in [5, 5.41) is 1.11. The number of hydrogen-bond donors (Lipinski definition) is 1. The van der Waals surface area contributed by atoms with Crippen LogP contribution in [-0.4, -0.2) is 43.3 Å². The van der Waals surface area contributed by atoms with Gasteiger partial charge in [0, 0.05) is 25.0 Å². The molecule has 6 heteroatoms. The lowest BCUT2D eigenvalue weighted by molar-refractivity contribution is 0.148. The van der Waals surface area contributed by atoms with Crippen LogP contribution >= 0.6 is 11.3 Å². The molecule has 0 saturated heterocycles. The minimum atomic E-state index is 0.561. The van der Waals surface area contributed by atoms with Gasteiger partial charge in [-0.05, 0) is 13.0 Å². The Morgan fingerprint density at radius 3 is 3.00 bits per heavy atom. The fourth-order valence-electron chi connectivity index (χ4n) is 1.76. The maximum absolute atomic E-state index is 5.38. The molecule has 0 fully saturated rings. The Kier molecular flexibility index (Phi) is 4.46. The van der Waals surface area contributed by atoms with E-state index in [0.29, 0.717) is 19.8 Å². The van der Waals surface area contributed by atoms with Crippen LogP contribution in [-0.2, 0) is 4.74 Å². The summed E-state index contributed by atoms with van der Waals surface area (Å²) in [6.07, 6.45) is 1.62. The van der Waals surface area contributed by atoms with Gasteiger partial charge in [0.25, 0.3) is 0 Å². The van der Waals surface area contributed by atoms with E-state index in [2.05, 4.69) is 27.9 Å². The van der Waals surface area contributed by atoms with E-state index in [1.54, 1.807) is 17.7 Å². The molecule has 0 aromatic carbocycles. The Hall–Kier alpha value is -1.24. The van der Waals surface area contributed by atoms with Crippen molar-refractivity contribution in [2.45, 2.75) is 6.92 Å². The molecule has 0 atom stereocenters. The van der Waals surface area contributed by atoms with Gasteiger partial charge in [0.05, 0.1) is 18.6 Å². The van der Waals surface area contributed by atoms with Crippen molar-refractivity contribution in [1.29, 1.82) is 0 Å². The average molecular weight is 266 g/mol. The molecule has 2 N–H and O–H groups in total. The fraction of sp³-hybridized carbons (Fsp3) is 0.500. The van der Waals surface area contributed by atoms with Crippen molar-refractivity contribution in [3.63, 3.8) is 0 Å². The highest BCUT2D eigenvalue weighted by Gasteiger charge is 2.10. The summed E-state index contributed by atoms with van der Waals surface area (Å²) in [6.45, 7) is 4.69. The summed E-state index contributed by atoms with van der Waals surface area (Å²) in [6, 6.07) is 2.13. The van der Waals surface area contributed by atoms with Crippen LogP contribution in [0.2, 0.25) is 0 Å².